The van der Waals surface area contributed by atoms with Gasteiger partial charge in [-0.1, -0.05) is 20.8 Å². The fraction of sp³-hybridized carbons (Fsp3) is 0.867. The van der Waals surface area contributed by atoms with Crippen molar-refractivity contribution in [2.45, 2.75) is 65.3 Å². The molecule has 3 N–H and O–H groups in total. The van der Waals surface area contributed by atoms with Crippen LogP contribution in [0.5, 0.6) is 0 Å². The van der Waals surface area contributed by atoms with Gasteiger partial charge in [0.2, 0.25) is 0 Å². The van der Waals surface area contributed by atoms with Crippen LogP contribution in [0.2, 0.25) is 0 Å². The molecule has 0 aliphatic carbocycles. The summed E-state index contributed by atoms with van der Waals surface area (Å²) < 4.78 is 10.7. The Bertz CT molecular complexity index is 444. The van der Waals surface area contributed by atoms with E-state index in [1.165, 1.54) is 4.90 Å². The van der Waals surface area contributed by atoms with Crippen LogP contribution in [-0.4, -0.2) is 52.6 Å². The summed E-state index contributed by atoms with van der Waals surface area (Å²) in [6.45, 7) is 11.2. The first-order valence-corrected chi connectivity index (χ1v) is 7.48. The van der Waals surface area contributed by atoms with E-state index < -0.39 is 34.8 Å². The van der Waals surface area contributed by atoms with Crippen molar-refractivity contribution in [3.8, 4) is 0 Å². The van der Waals surface area contributed by atoms with Crippen LogP contribution in [0.1, 0.15) is 48.0 Å². The van der Waals surface area contributed by atoms with Crippen molar-refractivity contribution in [3.63, 3.8) is 0 Å². The van der Waals surface area contributed by atoms with Gasteiger partial charge in [-0.05, 0) is 26.2 Å². The van der Waals surface area contributed by atoms with E-state index in [-0.39, 0.29) is 19.6 Å². The summed E-state index contributed by atoms with van der Waals surface area (Å²) in [6.07, 6.45) is -1.18. The molecule has 0 aromatic heterocycles. The highest BCUT2D eigenvalue weighted by molar-refractivity contribution is 5.72. The predicted molar refractivity (Wildman–Crippen MR) is 81.3 cm³/mol. The Hall–Kier alpha value is -1.34. The fourth-order valence-electron chi connectivity index (χ4n) is 3.25. The quantitative estimate of drug-likeness (QED) is 0.767. The summed E-state index contributed by atoms with van der Waals surface area (Å²) in [5, 5.41) is 9.71. The highest BCUT2D eigenvalue weighted by atomic mass is 16.5. The Morgan fingerprint density at radius 1 is 1.41 bits per heavy atom. The van der Waals surface area contributed by atoms with E-state index in [2.05, 4.69) is 0 Å². The summed E-state index contributed by atoms with van der Waals surface area (Å²) in [7, 11) is 0. The molecule has 1 fully saturated rings. The van der Waals surface area contributed by atoms with Crippen molar-refractivity contribution in [2.24, 2.45) is 11.1 Å². The number of rotatable bonds is 4. The number of carbonyl (C=O) groups excluding carboxylic acids is 1. The van der Waals surface area contributed by atoms with Crippen LogP contribution in [0.4, 0.5) is 4.79 Å². The molecular formula is C15H28N2O5. The normalized spacial score (nSPS) is 25.9. The molecule has 1 heterocycles. The van der Waals surface area contributed by atoms with E-state index in [0.29, 0.717) is 0 Å². The molecule has 128 valence electrons. The zero-order valence-corrected chi connectivity index (χ0v) is 14.3. The van der Waals surface area contributed by atoms with Gasteiger partial charge in [-0.3, -0.25) is 9.69 Å². The zero-order valence-electron chi connectivity index (χ0n) is 14.3. The summed E-state index contributed by atoms with van der Waals surface area (Å²) in [6, 6.07) is -0.732. The number of carboxylic acid groups (broad SMARTS) is 1. The van der Waals surface area contributed by atoms with Crippen LogP contribution in [0.25, 0.3) is 0 Å². The average molecular weight is 316 g/mol. The van der Waals surface area contributed by atoms with Gasteiger partial charge in [0.1, 0.15) is 5.72 Å². The zero-order chi connectivity index (χ0) is 17.3. The number of nitrogens with zero attached hydrogens (tertiary/aromatic N) is 1. The molecule has 0 spiro atoms. The second-order valence-electron chi connectivity index (χ2n) is 7.14. The number of amides is 1. The smallest absolute Gasteiger partial charge is 0.410 e. The predicted octanol–water partition coefficient (Wildman–Crippen LogP) is 1.80. The van der Waals surface area contributed by atoms with Crippen LogP contribution < -0.4 is 5.73 Å². The summed E-state index contributed by atoms with van der Waals surface area (Å²) in [5.74, 6) is -0.436. The Morgan fingerprint density at radius 2 is 1.95 bits per heavy atom. The average Bonchev–Trinajstić information content (AvgIpc) is 2.61. The lowest BCUT2D eigenvalue weighted by atomic mass is 9.67. The van der Waals surface area contributed by atoms with Gasteiger partial charge >= 0.3 is 12.1 Å². The van der Waals surface area contributed by atoms with E-state index in [1.807, 2.05) is 20.8 Å². The third-order valence-electron chi connectivity index (χ3n) is 4.38. The minimum atomic E-state index is -1.11. The van der Waals surface area contributed by atoms with Crippen LogP contribution in [0.15, 0.2) is 0 Å². The van der Waals surface area contributed by atoms with Crippen molar-refractivity contribution < 1.29 is 24.2 Å². The first kappa shape index (κ1) is 18.7. The van der Waals surface area contributed by atoms with E-state index in [9.17, 15) is 14.7 Å². The van der Waals surface area contributed by atoms with Gasteiger partial charge in [0.15, 0.2) is 0 Å². The second-order valence-corrected chi connectivity index (χ2v) is 7.14. The van der Waals surface area contributed by atoms with Gasteiger partial charge in [0.25, 0.3) is 0 Å². The van der Waals surface area contributed by atoms with Gasteiger partial charge in [0.05, 0.1) is 25.2 Å². The molecule has 1 unspecified atom stereocenters. The molecule has 7 heteroatoms. The summed E-state index contributed by atoms with van der Waals surface area (Å²) in [4.78, 5) is 24.9. The van der Waals surface area contributed by atoms with E-state index in [4.69, 9.17) is 15.2 Å². The lowest BCUT2D eigenvalue weighted by Crippen LogP contribution is -2.69. The fourth-order valence-corrected chi connectivity index (χ4v) is 3.25. The topological polar surface area (TPSA) is 102 Å². The molecular weight excluding hydrogens is 288 g/mol. The SMILES string of the molecule is CCOC(=O)CC(N)[C@@]1(C(C)(C)C)COC(C)(C)N1C(=O)O. The molecule has 1 amide bonds. The lowest BCUT2D eigenvalue weighted by molar-refractivity contribution is -0.145. The number of nitrogens with two attached hydrogens (primary N) is 1. The third-order valence-corrected chi connectivity index (χ3v) is 4.38. The summed E-state index contributed by atoms with van der Waals surface area (Å²) >= 11 is 0. The molecule has 0 radical (unpaired) electrons. The number of esters is 1. The van der Waals surface area contributed by atoms with Crippen molar-refractivity contribution in [2.75, 3.05) is 13.2 Å². The van der Waals surface area contributed by atoms with Crippen molar-refractivity contribution in [1.82, 2.24) is 4.90 Å². The van der Waals surface area contributed by atoms with Crippen molar-refractivity contribution in [1.29, 1.82) is 0 Å². The van der Waals surface area contributed by atoms with E-state index >= 15 is 0 Å². The van der Waals surface area contributed by atoms with Crippen LogP contribution >= 0.6 is 0 Å². The number of carbonyl (C=O) groups is 2. The molecule has 0 aromatic rings. The molecule has 2 atom stereocenters. The van der Waals surface area contributed by atoms with Gasteiger partial charge in [-0.25, -0.2) is 4.79 Å². The third kappa shape index (κ3) is 3.05. The molecule has 1 aliphatic heterocycles. The first-order chi connectivity index (χ1) is 9.90. The highest BCUT2D eigenvalue weighted by Crippen LogP contribution is 2.48. The molecule has 0 bridgehead atoms. The Morgan fingerprint density at radius 3 is 2.36 bits per heavy atom. The Balaban J connectivity index is 3.27. The molecule has 1 rings (SSSR count). The highest BCUT2D eigenvalue weighted by Gasteiger charge is 2.62. The molecule has 7 nitrogen and oxygen atoms in total. The van der Waals surface area contributed by atoms with Gasteiger partial charge < -0.3 is 20.3 Å². The molecule has 1 saturated heterocycles. The first-order valence-electron chi connectivity index (χ1n) is 7.48. The van der Waals surface area contributed by atoms with Crippen molar-refractivity contribution in [3.05, 3.63) is 0 Å². The monoisotopic (exact) mass is 316 g/mol. The second kappa shape index (κ2) is 6.04. The Kier molecular flexibility index (Phi) is 5.14. The van der Waals surface area contributed by atoms with Crippen LogP contribution in [0.3, 0.4) is 0 Å². The standard InChI is InChI=1S/C15H28N2O5/c1-7-21-11(18)8-10(16)15(13(2,3)4)9-22-14(5,6)17(15)12(19)20/h10H,7-9,16H2,1-6H3,(H,19,20)/t10?,15-/m1/s1. The van der Waals surface area contributed by atoms with E-state index in [1.54, 1.807) is 20.8 Å². The minimum absolute atomic E-state index is 0.0612. The Labute approximate surface area is 131 Å². The van der Waals surface area contributed by atoms with Gasteiger partial charge in [-0.2, -0.15) is 0 Å². The molecule has 22 heavy (non-hydrogen) atoms. The number of hydrogen-bond donors (Lipinski definition) is 2. The van der Waals surface area contributed by atoms with Crippen molar-refractivity contribution >= 4 is 12.1 Å². The van der Waals surface area contributed by atoms with Gasteiger partial charge in [-0.15, -0.1) is 0 Å². The van der Waals surface area contributed by atoms with Gasteiger partial charge in [0, 0.05) is 6.04 Å². The van der Waals surface area contributed by atoms with Crippen LogP contribution in [-0.2, 0) is 14.3 Å². The van der Waals surface area contributed by atoms with E-state index in [0.717, 1.165) is 0 Å². The molecule has 0 aromatic carbocycles. The molecule has 1 aliphatic rings. The largest absolute Gasteiger partial charge is 0.466 e. The maximum atomic E-state index is 11.9. The number of ether oxygens (including phenoxy) is 2. The summed E-state index contributed by atoms with van der Waals surface area (Å²) in [5.41, 5.74) is 3.74. The van der Waals surface area contributed by atoms with Crippen LogP contribution in [0, 0.1) is 5.41 Å². The maximum Gasteiger partial charge on any atom is 0.410 e. The lowest BCUT2D eigenvalue weighted by Gasteiger charge is -2.51. The number of hydrogen-bond acceptors (Lipinski definition) is 5. The molecule has 0 saturated carbocycles. The maximum absolute atomic E-state index is 11.9. The minimum Gasteiger partial charge on any atom is -0.466 e.